The lowest BCUT2D eigenvalue weighted by Gasteiger charge is -2.20. The average Bonchev–Trinajstić information content (AvgIpc) is 2.85. The van der Waals surface area contributed by atoms with Crippen LogP contribution in [0.25, 0.3) is 0 Å². The maximum absolute atomic E-state index is 13.0. The van der Waals surface area contributed by atoms with Crippen LogP contribution in [0.3, 0.4) is 0 Å². The van der Waals surface area contributed by atoms with Gasteiger partial charge in [-0.1, -0.05) is 24.3 Å². The Morgan fingerprint density at radius 3 is 2.26 bits per heavy atom. The lowest BCUT2D eigenvalue weighted by molar-refractivity contribution is -0.119. The summed E-state index contributed by atoms with van der Waals surface area (Å²) < 4.78 is 15.4. The summed E-state index contributed by atoms with van der Waals surface area (Å²) >= 11 is 0. The number of ether oxygens (including phenoxy) is 3. The third-order valence-electron chi connectivity index (χ3n) is 5.37. The molecule has 3 N–H and O–H groups in total. The van der Waals surface area contributed by atoms with Crippen molar-refractivity contribution in [3.05, 3.63) is 82.4 Å². The fraction of sp³-hybridized carbons (Fsp3) is 0.120. The number of nitrogens with one attached hydrogen (secondary N) is 1. The fourth-order valence-electron chi connectivity index (χ4n) is 3.70. The molecule has 3 aromatic carbocycles. The lowest BCUT2D eigenvalue weighted by atomic mass is 9.82. The predicted molar refractivity (Wildman–Crippen MR) is 123 cm³/mol. The molecule has 1 aliphatic rings. The molecule has 9 heteroatoms. The van der Waals surface area contributed by atoms with Crippen molar-refractivity contribution >= 4 is 34.8 Å². The summed E-state index contributed by atoms with van der Waals surface area (Å²) in [7, 11) is 2.93. The Bertz CT molecular complexity index is 1350. The van der Waals surface area contributed by atoms with Crippen molar-refractivity contribution in [1.82, 2.24) is 0 Å². The van der Waals surface area contributed by atoms with Gasteiger partial charge in [0.1, 0.15) is 11.5 Å². The van der Waals surface area contributed by atoms with Gasteiger partial charge in [0, 0.05) is 22.8 Å². The molecule has 0 atom stereocenters. The number of rotatable bonds is 6. The highest BCUT2D eigenvalue weighted by Gasteiger charge is 2.33. The molecule has 0 aliphatic heterocycles. The molecule has 3 aromatic rings. The predicted octanol–water partition coefficient (Wildman–Crippen LogP) is 2.86. The third-order valence-corrected chi connectivity index (χ3v) is 5.37. The largest absolute Gasteiger partial charge is 0.497 e. The van der Waals surface area contributed by atoms with Gasteiger partial charge in [-0.3, -0.25) is 14.4 Å². The van der Waals surface area contributed by atoms with Crippen LogP contribution in [-0.4, -0.2) is 44.3 Å². The smallest absolute Gasteiger partial charge is 0.340 e. The summed E-state index contributed by atoms with van der Waals surface area (Å²) in [5.74, 6) is -1.47. The first-order valence-electron chi connectivity index (χ1n) is 10.2. The Balaban J connectivity index is 1.51. The lowest BCUT2D eigenvalue weighted by Crippen LogP contribution is -2.25. The highest BCUT2D eigenvalue weighted by atomic mass is 16.5. The number of nitrogens with two attached hydrogens (primary N) is 1. The summed E-state index contributed by atoms with van der Waals surface area (Å²) in [4.78, 5) is 50.7. The van der Waals surface area contributed by atoms with Crippen molar-refractivity contribution in [1.29, 1.82) is 0 Å². The van der Waals surface area contributed by atoms with Crippen LogP contribution >= 0.6 is 0 Å². The molecule has 0 saturated carbocycles. The van der Waals surface area contributed by atoms with Crippen molar-refractivity contribution in [3.63, 3.8) is 0 Å². The second kappa shape index (κ2) is 9.07. The van der Waals surface area contributed by atoms with E-state index in [-0.39, 0.29) is 39.3 Å². The standard InChI is InChI=1S/C25H20N2O7/c1-32-13-7-10-19(33-2)18(11-13)27-20(28)12-34-25(31)17-9-8-16-21(22(17)26)24(30)15-6-4-3-5-14(15)23(16)29/h3-11H,12,26H2,1-2H3,(H,27,28). The Morgan fingerprint density at radius 2 is 1.59 bits per heavy atom. The molecule has 4 rings (SSSR count). The van der Waals surface area contributed by atoms with Gasteiger partial charge >= 0.3 is 5.97 Å². The van der Waals surface area contributed by atoms with E-state index in [1.54, 1.807) is 36.4 Å². The number of esters is 1. The number of nitrogen functional groups attached to an aromatic ring is 1. The molecule has 1 amide bonds. The number of anilines is 2. The van der Waals surface area contributed by atoms with Crippen LogP contribution in [0.2, 0.25) is 0 Å². The molecule has 34 heavy (non-hydrogen) atoms. The molecule has 0 aromatic heterocycles. The average molecular weight is 460 g/mol. The number of amides is 1. The zero-order chi connectivity index (χ0) is 24.4. The Labute approximate surface area is 194 Å². The molecule has 0 bridgehead atoms. The molecule has 0 spiro atoms. The topological polar surface area (TPSA) is 134 Å². The van der Waals surface area contributed by atoms with Gasteiger partial charge in [0.25, 0.3) is 5.91 Å². The van der Waals surface area contributed by atoms with Gasteiger partial charge in [-0.05, 0) is 24.3 Å². The minimum absolute atomic E-state index is 0.0521. The number of hydrogen-bond donors (Lipinski definition) is 2. The van der Waals surface area contributed by atoms with Crippen LogP contribution in [0.15, 0.2) is 54.6 Å². The van der Waals surface area contributed by atoms with Gasteiger partial charge in [-0.15, -0.1) is 0 Å². The summed E-state index contributed by atoms with van der Waals surface area (Å²) in [6, 6.07) is 13.9. The summed E-state index contributed by atoms with van der Waals surface area (Å²) in [6.07, 6.45) is 0. The van der Waals surface area contributed by atoms with Crippen molar-refractivity contribution in [2.75, 3.05) is 31.9 Å². The normalized spacial score (nSPS) is 11.8. The third kappa shape index (κ3) is 3.95. The van der Waals surface area contributed by atoms with Crippen molar-refractivity contribution in [2.24, 2.45) is 0 Å². The van der Waals surface area contributed by atoms with Gasteiger partial charge in [0.05, 0.1) is 36.7 Å². The minimum Gasteiger partial charge on any atom is -0.497 e. The SMILES string of the molecule is COc1ccc(OC)c(NC(=O)COC(=O)c2ccc3c(c2N)C(=O)c2ccccc2C3=O)c1. The van der Waals surface area contributed by atoms with Crippen LogP contribution in [0.1, 0.15) is 42.2 Å². The van der Waals surface area contributed by atoms with Crippen molar-refractivity contribution < 1.29 is 33.4 Å². The molecule has 0 unspecified atom stereocenters. The zero-order valence-electron chi connectivity index (χ0n) is 18.3. The van der Waals surface area contributed by atoms with Crippen LogP contribution in [0.4, 0.5) is 11.4 Å². The molecule has 172 valence electrons. The zero-order valence-corrected chi connectivity index (χ0v) is 18.3. The Morgan fingerprint density at radius 1 is 0.882 bits per heavy atom. The molecule has 0 heterocycles. The highest BCUT2D eigenvalue weighted by Crippen LogP contribution is 2.33. The van der Waals surface area contributed by atoms with Crippen molar-refractivity contribution in [3.8, 4) is 11.5 Å². The Kier molecular flexibility index (Phi) is 6.01. The number of benzene rings is 3. The van der Waals surface area contributed by atoms with E-state index in [1.165, 1.54) is 32.4 Å². The van der Waals surface area contributed by atoms with Crippen LogP contribution in [0, 0.1) is 0 Å². The summed E-state index contributed by atoms with van der Waals surface area (Å²) in [5.41, 5.74) is 6.70. The molecule has 1 aliphatic carbocycles. The number of hydrogen-bond acceptors (Lipinski definition) is 8. The van der Waals surface area contributed by atoms with Crippen LogP contribution in [0.5, 0.6) is 11.5 Å². The van der Waals surface area contributed by atoms with Crippen molar-refractivity contribution in [2.45, 2.75) is 0 Å². The molecule has 9 nitrogen and oxygen atoms in total. The van der Waals surface area contributed by atoms with E-state index < -0.39 is 24.3 Å². The molecule has 0 saturated heterocycles. The van der Waals surface area contributed by atoms with E-state index in [1.807, 2.05) is 0 Å². The fourth-order valence-corrected chi connectivity index (χ4v) is 3.70. The van der Waals surface area contributed by atoms with E-state index in [4.69, 9.17) is 19.9 Å². The quantitative estimate of drug-likeness (QED) is 0.331. The second-order valence-electron chi connectivity index (χ2n) is 7.34. The maximum Gasteiger partial charge on any atom is 0.340 e. The Hall–Kier alpha value is -4.66. The van der Waals surface area contributed by atoms with Crippen LogP contribution < -0.4 is 20.5 Å². The number of carbonyl (C=O) groups is 4. The second-order valence-corrected chi connectivity index (χ2v) is 7.34. The first kappa shape index (κ1) is 22.5. The van der Waals surface area contributed by atoms with Gasteiger partial charge in [0.2, 0.25) is 0 Å². The molecule has 0 fully saturated rings. The molecule has 0 radical (unpaired) electrons. The molecular formula is C25H20N2O7. The van der Waals surface area contributed by atoms with Crippen LogP contribution in [-0.2, 0) is 9.53 Å². The summed E-state index contributed by atoms with van der Waals surface area (Å²) in [5, 5.41) is 2.58. The van der Waals surface area contributed by atoms with E-state index in [0.717, 1.165) is 0 Å². The number of methoxy groups -OCH3 is 2. The van der Waals surface area contributed by atoms with E-state index in [9.17, 15) is 19.2 Å². The van der Waals surface area contributed by atoms with E-state index >= 15 is 0 Å². The van der Waals surface area contributed by atoms with Gasteiger partial charge in [-0.25, -0.2) is 4.79 Å². The van der Waals surface area contributed by atoms with Gasteiger partial charge < -0.3 is 25.3 Å². The van der Waals surface area contributed by atoms with E-state index in [0.29, 0.717) is 17.2 Å². The van der Waals surface area contributed by atoms with Gasteiger partial charge in [-0.2, -0.15) is 0 Å². The first-order chi connectivity index (χ1) is 16.3. The number of carbonyl (C=O) groups excluding carboxylic acids is 4. The highest BCUT2D eigenvalue weighted by molar-refractivity contribution is 6.30. The maximum atomic E-state index is 13.0. The number of fused-ring (bicyclic) bond motifs is 2. The monoisotopic (exact) mass is 460 g/mol. The minimum atomic E-state index is -0.910. The summed E-state index contributed by atoms with van der Waals surface area (Å²) in [6.45, 7) is -0.620. The molecular weight excluding hydrogens is 440 g/mol. The van der Waals surface area contributed by atoms with E-state index in [2.05, 4.69) is 5.32 Å². The van der Waals surface area contributed by atoms with Gasteiger partial charge in [0.15, 0.2) is 18.2 Å². The first-order valence-corrected chi connectivity index (χ1v) is 10.2. The number of ketones is 2.